The van der Waals surface area contributed by atoms with Crippen LogP contribution >= 0.6 is 34.8 Å². The van der Waals surface area contributed by atoms with E-state index < -0.39 is 0 Å². The molecular weight excluding hydrogens is 296 g/mol. The van der Waals surface area contributed by atoms with Gasteiger partial charge in [0.1, 0.15) is 11.9 Å². The molecule has 1 atom stereocenters. The molecule has 0 heterocycles. The van der Waals surface area contributed by atoms with Crippen LogP contribution in [0.2, 0.25) is 10.0 Å². The number of hydrogen-bond donors (Lipinski definition) is 1. The highest BCUT2D eigenvalue weighted by atomic mass is 35.5. The first kappa shape index (κ1) is 15.4. The lowest BCUT2D eigenvalue weighted by Gasteiger charge is -2.16. The zero-order valence-electron chi connectivity index (χ0n) is 9.88. The van der Waals surface area contributed by atoms with Gasteiger partial charge >= 0.3 is 0 Å². The van der Waals surface area contributed by atoms with E-state index in [0.717, 1.165) is 0 Å². The summed E-state index contributed by atoms with van der Waals surface area (Å²) in [6.07, 6.45) is 0.0897. The molecule has 1 amide bonds. The van der Waals surface area contributed by atoms with E-state index >= 15 is 0 Å². The Morgan fingerprint density at radius 1 is 1.44 bits per heavy atom. The second-order valence-corrected chi connectivity index (χ2v) is 4.97. The molecule has 0 fully saturated rings. The van der Waals surface area contributed by atoms with Crippen molar-refractivity contribution in [1.29, 1.82) is 0 Å². The fourth-order valence-electron chi connectivity index (χ4n) is 1.26. The van der Waals surface area contributed by atoms with Crippen molar-refractivity contribution in [2.75, 3.05) is 12.4 Å². The maximum atomic E-state index is 11.2. The average Bonchev–Trinajstić information content (AvgIpc) is 2.32. The number of halogens is 3. The third-order valence-electron chi connectivity index (χ3n) is 2.13. The summed E-state index contributed by atoms with van der Waals surface area (Å²) in [5.74, 6) is 0.710. The number of hydrogen-bond acceptors (Lipinski definition) is 2. The number of benzene rings is 1. The predicted molar refractivity (Wildman–Crippen MR) is 74.9 cm³/mol. The van der Waals surface area contributed by atoms with Crippen molar-refractivity contribution in [3.8, 4) is 5.75 Å². The second kappa shape index (κ2) is 7.72. The number of carbonyl (C=O) groups excluding carboxylic acids is 1. The number of ether oxygens (including phenoxy) is 1. The second-order valence-electron chi connectivity index (χ2n) is 3.75. The summed E-state index contributed by atoms with van der Waals surface area (Å²) in [5, 5.41) is 3.75. The SMILES string of the molecule is CC(CNC(=O)CCCl)Oc1cc(Cl)ccc1Cl. The Morgan fingerprint density at radius 3 is 2.83 bits per heavy atom. The van der Waals surface area contributed by atoms with Crippen molar-refractivity contribution in [2.24, 2.45) is 0 Å². The Balaban J connectivity index is 2.46. The summed E-state index contributed by atoms with van der Waals surface area (Å²) in [7, 11) is 0. The summed E-state index contributed by atoms with van der Waals surface area (Å²) in [5.41, 5.74) is 0. The van der Waals surface area contributed by atoms with Gasteiger partial charge < -0.3 is 10.1 Å². The standard InChI is InChI=1S/C12H14Cl3NO2/c1-8(7-16-12(17)4-5-13)18-11-6-9(14)2-3-10(11)15/h2-3,6,8H,4-5,7H2,1H3,(H,16,17). The van der Waals surface area contributed by atoms with E-state index in [-0.39, 0.29) is 12.0 Å². The summed E-state index contributed by atoms with van der Waals surface area (Å²) >= 11 is 17.3. The summed E-state index contributed by atoms with van der Waals surface area (Å²) < 4.78 is 5.59. The van der Waals surface area contributed by atoms with Gasteiger partial charge in [-0.25, -0.2) is 0 Å². The Labute approximate surface area is 121 Å². The lowest BCUT2D eigenvalue weighted by Crippen LogP contribution is -2.33. The fraction of sp³-hybridized carbons (Fsp3) is 0.417. The quantitative estimate of drug-likeness (QED) is 0.817. The number of carbonyl (C=O) groups is 1. The molecule has 1 N–H and O–H groups in total. The molecule has 100 valence electrons. The van der Waals surface area contributed by atoms with Gasteiger partial charge in [0.2, 0.25) is 5.91 Å². The molecule has 0 aromatic heterocycles. The van der Waals surface area contributed by atoms with Crippen LogP contribution in [0, 0.1) is 0 Å². The molecule has 0 aliphatic heterocycles. The van der Waals surface area contributed by atoms with E-state index in [1.807, 2.05) is 6.92 Å². The van der Waals surface area contributed by atoms with E-state index in [2.05, 4.69) is 5.32 Å². The van der Waals surface area contributed by atoms with Crippen LogP contribution in [0.25, 0.3) is 0 Å². The van der Waals surface area contributed by atoms with Crippen molar-refractivity contribution >= 4 is 40.7 Å². The molecule has 0 spiro atoms. The third kappa shape index (κ3) is 5.34. The molecule has 0 saturated heterocycles. The molecule has 1 unspecified atom stereocenters. The molecule has 1 aromatic carbocycles. The van der Waals surface area contributed by atoms with E-state index in [0.29, 0.717) is 34.6 Å². The summed E-state index contributed by atoms with van der Waals surface area (Å²) in [6, 6.07) is 4.99. The molecule has 3 nitrogen and oxygen atoms in total. The monoisotopic (exact) mass is 309 g/mol. The zero-order valence-corrected chi connectivity index (χ0v) is 12.1. The van der Waals surface area contributed by atoms with Gasteiger partial charge in [0.15, 0.2) is 0 Å². The van der Waals surface area contributed by atoms with E-state index in [4.69, 9.17) is 39.5 Å². The first-order valence-corrected chi connectivity index (χ1v) is 6.76. The van der Waals surface area contributed by atoms with Crippen molar-refractivity contribution in [3.05, 3.63) is 28.2 Å². The van der Waals surface area contributed by atoms with Crippen LogP contribution in [0.3, 0.4) is 0 Å². The lowest BCUT2D eigenvalue weighted by atomic mass is 10.3. The summed E-state index contributed by atoms with van der Waals surface area (Å²) in [6.45, 7) is 2.22. The van der Waals surface area contributed by atoms with Gasteiger partial charge in [-0.3, -0.25) is 4.79 Å². The maximum absolute atomic E-state index is 11.2. The number of alkyl halides is 1. The highest BCUT2D eigenvalue weighted by Crippen LogP contribution is 2.28. The third-order valence-corrected chi connectivity index (χ3v) is 2.87. The van der Waals surface area contributed by atoms with Crippen LogP contribution in [0.15, 0.2) is 18.2 Å². The molecule has 0 aliphatic rings. The largest absolute Gasteiger partial charge is 0.487 e. The number of amides is 1. The highest BCUT2D eigenvalue weighted by Gasteiger charge is 2.09. The van der Waals surface area contributed by atoms with Crippen molar-refractivity contribution in [2.45, 2.75) is 19.4 Å². The smallest absolute Gasteiger partial charge is 0.221 e. The van der Waals surface area contributed by atoms with Gasteiger partial charge in [0.25, 0.3) is 0 Å². The fourth-order valence-corrected chi connectivity index (χ4v) is 1.75. The van der Waals surface area contributed by atoms with Crippen LogP contribution in [-0.4, -0.2) is 24.4 Å². The first-order chi connectivity index (χ1) is 8.52. The zero-order chi connectivity index (χ0) is 13.5. The van der Waals surface area contributed by atoms with Crippen molar-refractivity contribution < 1.29 is 9.53 Å². The molecule has 0 bridgehead atoms. The van der Waals surface area contributed by atoms with Crippen LogP contribution < -0.4 is 10.1 Å². The number of rotatable bonds is 6. The van der Waals surface area contributed by atoms with Crippen LogP contribution in [0.1, 0.15) is 13.3 Å². The number of nitrogens with one attached hydrogen (secondary N) is 1. The Morgan fingerprint density at radius 2 is 2.17 bits per heavy atom. The van der Waals surface area contributed by atoms with Crippen LogP contribution in [0.4, 0.5) is 0 Å². The molecule has 6 heteroatoms. The minimum Gasteiger partial charge on any atom is -0.487 e. The normalized spacial score (nSPS) is 12.0. The van der Waals surface area contributed by atoms with Gasteiger partial charge in [-0.2, -0.15) is 0 Å². The molecule has 0 saturated carbocycles. The molecule has 18 heavy (non-hydrogen) atoms. The predicted octanol–water partition coefficient (Wildman–Crippen LogP) is 3.51. The Kier molecular flexibility index (Phi) is 6.61. The van der Waals surface area contributed by atoms with Crippen LogP contribution in [0.5, 0.6) is 5.75 Å². The summed E-state index contributed by atoms with van der Waals surface area (Å²) in [4.78, 5) is 11.2. The van der Waals surface area contributed by atoms with Crippen LogP contribution in [-0.2, 0) is 4.79 Å². The van der Waals surface area contributed by atoms with E-state index in [1.54, 1.807) is 18.2 Å². The van der Waals surface area contributed by atoms with Gasteiger partial charge in [-0.1, -0.05) is 23.2 Å². The Hall–Kier alpha value is -0.640. The highest BCUT2D eigenvalue weighted by molar-refractivity contribution is 6.34. The van der Waals surface area contributed by atoms with E-state index in [9.17, 15) is 4.79 Å². The van der Waals surface area contributed by atoms with Gasteiger partial charge in [-0.05, 0) is 19.1 Å². The van der Waals surface area contributed by atoms with Crippen molar-refractivity contribution in [3.63, 3.8) is 0 Å². The molecule has 1 aromatic rings. The average molecular weight is 311 g/mol. The maximum Gasteiger partial charge on any atom is 0.221 e. The van der Waals surface area contributed by atoms with Gasteiger partial charge in [-0.15, -0.1) is 11.6 Å². The van der Waals surface area contributed by atoms with Crippen molar-refractivity contribution in [1.82, 2.24) is 5.32 Å². The molecule has 0 aliphatic carbocycles. The topological polar surface area (TPSA) is 38.3 Å². The Bertz CT molecular complexity index is 412. The molecular formula is C12H14Cl3NO2. The molecule has 1 rings (SSSR count). The minimum absolute atomic E-state index is 0.0994. The minimum atomic E-state index is -0.208. The van der Waals surface area contributed by atoms with E-state index in [1.165, 1.54) is 0 Å². The first-order valence-electron chi connectivity index (χ1n) is 5.47. The molecule has 0 radical (unpaired) electrons. The van der Waals surface area contributed by atoms with Gasteiger partial charge in [0.05, 0.1) is 11.6 Å². The lowest BCUT2D eigenvalue weighted by molar-refractivity contribution is -0.121. The van der Waals surface area contributed by atoms with Gasteiger partial charge in [0, 0.05) is 23.4 Å².